The summed E-state index contributed by atoms with van der Waals surface area (Å²) in [6.45, 7) is 38.1. The molecule has 9 heteroatoms. The predicted octanol–water partition coefficient (Wildman–Crippen LogP) is 10.3. The Bertz CT molecular complexity index is 1750. The van der Waals surface area contributed by atoms with Gasteiger partial charge in [-0.15, -0.1) is 13.2 Å². The van der Waals surface area contributed by atoms with Crippen LogP contribution in [-0.4, -0.2) is 44.6 Å². The van der Waals surface area contributed by atoms with Crippen LogP contribution in [0, 0.1) is 53.9 Å². The third kappa shape index (κ3) is 8.51. The van der Waals surface area contributed by atoms with Gasteiger partial charge in [-0.2, -0.15) is 0 Å². The van der Waals surface area contributed by atoms with Crippen LogP contribution in [0.2, 0.25) is 0 Å². The minimum atomic E-state index is -0.594. The van der Waals surface area contributed by atoms with Crippen molar-refractivity contribution in [3.8, 4) is 17.3 Å². The van der Waals surface area contributed by atoms with Gasteiger partial charge in [0.25, 0.3) is 5.69 Å². The Hall–Kier alpha value is -4.32. The van der Waals surface area contributed by atoms with Crippen molar-refractivity contribution < 1.29 is 14.3 Å². The average Bonchev–Trinajstić information content (AvgIpc) is 3.55. The van der Waals surface area contributed by atoms with Crippen molar-refractivity contribution in [2.24, 2.45) is 40.4 Å². The number of benzene rings is 1. The van der Waals surface area contributed by atoms with Crippen molar-refractivity contribution in [1.29, 1.82) is 0 Å². The number of carbonyl (C=O) groups is 2. The first kappa shape index (κ1) is 38.5. The number of fused-ring (bicyclic) bond motifs is 1. The highest BCUT2D eigenvalue weighted by Gasteiger charge is 2.43. The molecule has 4 rings (SSSR count). The second kappa shape index (κ2) is 15.3. The summed E-state index contributed by atoms with van der Waals surface area (Å²) >= 11 is 0. The number of nitrogens with one attached hydrogen (secondary N) is 2. The van der Waals surface area contributed by atoms with Gasteiger partial charge in [0.2, 0.25) is 11.8 Å². The van der Waals surface area contributed by atoms with Gasteiger partial charge < -0.3 is 15.0 Å². The minimum Gasteiger partial charge on any atom is -0.402 e. The Labute approximate surface area is 299 Å². The summed E-state index contributed by atoms with van der Waals surface area (Å²) in [5.74, 6) is 3.09. The summed E-state index contributed by atoms with van der Waals surface area (Å²) in [5.41, 5.74) is 3.69. The van der Waals surface area contributed by atoms with Crippen molar-refractivity contribution >= 4 is 29.0 Å². The van der Waals surface area contributed by atoms with Crippen molar-refractivity contribution in [3.63, 3.8) is 0 Å². The lowest BCUT2D eigenvalue weighted by Gasteiger charge is -2.48. The molecular weight excluding hydrogens is 624 g/mol. The largest absolute Gasteiger partial charge is 0.416 e. The maximum absolute atomic E-state index is 13.5. The SMILES string of the molecule is [C-]#[N+]c1c(CC2C(CC(C)C)CC(C)CC2C(C)(C)C)c2nc(-c3ccc(NC(=O)C(C)(C)C)c(C)c3)[nH]n2c1OC(=O)N(CC=C)CC=C. The third-order valence-corrected chi connectivity index (χ3v) is 10.1. The Morgan fingerprint density at radius 3 is 2.36 bits per heavy atom. The van der Waals surface area contributed by atoms with Gasteiger partial charge in [-0.3, -0.25) is 9.89 Å². The van der Waals surface area contributed by atoms with E-state index in [2.05, 4.69) is 70.0 Å². The molecule has 1 saturated carbocycles. The zero-order valence-corrected chi connectivity index (χ0v) is 31.9. The fraction of sp³-hybridized carbons (Fsp3) is 0.561. The lowest BCUT2D eigenvalue weighted by Crippen LogP contribution is -2.40. The number of aromatic nitrogens is 3. The predicted molar refractivity (Wildman–Crippen MR) is 204 cm³/mol. The van der Waals surface area contributed by atoms with Crippen LogP contribution >= 0.6 is 0 Å². The molecule has 4 atom stereocenters. The van der Waals surface area contributed by atoms with Crippen molar-refractivity contribution in [2.45, 2.75) is 94.9 Å². The molecule has 1 fully saturated rings. The number of amides is 2. The Kier molecular flexibility index (Phi) is 11.8. The van der Waals surface area contributed by atoms with Crippen LogP contribution in [-0.2, 0) is 11.2 Å². The van der Waals surface area contributed by atoms with Crippen LogP contribution in [0.5, 0.6) is 5.88 Å². The lowest BCUT2D eigenvalue weighted by molar-refractivity contribution is -0.123. The van der Waals surface area contributed by atoms with E-state index in [0.717, 1.165) is 41.6 Å². The molecule has 50 heavy (non-hydrogen) atoms. The van der Waals surface area contributed by atoms with E-state index in [1.165, 1.54) is 4.90 Å². The zero-order valence-electron chi connectivity index (χ0n) is 31.9. The molecule has 0 saturated heterocycles. The van der Waals surface area contributed by atoms with E-state index in [9.17, 15) is 9.59 Å². The van der Waals surface area contributed by atoms with E-state index in [1.807, 2.05) is 45.9 Å². The summed E-state index contributed by atoms with van der Waals surface area (Å²) in [6, 6.07) is 5.77. The highest BCUT2D eigenvalue weighted by molar-refractivity contribution is 5.95. The highest BCUT2D eigenvalue weighted by Crippen LogP contribution is 2.51. The average molecular weight is 683 g/mol. The van der Waals surface area contributed by atoms with Gasteiger partial charge in [-0.05, 0) is 91.4 Å². The van der Waals surface area contributed by atoms with Crippen LogP contribution < -0.4 is 10.1 Å². The zero-order chi connectivity index (χ0) is 37.1. The standard InChI is InChI=1S/C41H58N6O3/c1-14-18-46(19-15-2)39(49)50-37-34(42-13)31(24-30-29(20-25(3)4)21-26(5)22-32(30)40(7,8)9)36-44-35(45-47(36)37)28-16-17-33(27(6)23-28)43-38(48)41(10,11)12/h14-17,23,25-26,29-30,32H,1-2,18-22,24H2,3-12H3,(H,43,48)(H,44,45). The summed E-state index contributed by atoms with van der Waals surface area (Å²) in [6.07, 6.45) is 6.75. The molecule has 4 unspecified atom stereocenters. The molecule has 2 amide bonds. The van der Waals surface area contributed by atoms with Gasteiger partial charge in [0.05, 0.1) is 6.57 Å². The van der Waals surface area contributed by atoms with Crippen molar-refractivity contribution in [1.82, 2.24) is 19.5 Å². The summed E-state index contributed by atoms with van der Waals surface area (Å²) in [5, 5.41) is 6.40. The van der Waals surface area contributed by atoms with Crippen LogP contribution in [0.4, 0.5) is 16.2 Å². The van der Waals surface area contributed by atoms with E-state index in [1.54, 1.807) is 16.7 Å². The molecule has 1 aliphatic carbocycles. The number of rotatable bonds is 11. The highest BCUT2D eigenvalue weighted by atomic mass is 16.6. The van der Waals surface area contributed by atoms with E-state index >= 15 is 0 Å². The van der Waals surface area contributed by atoms with E-state index in [0.29, 0.717) is 53.2 Å². The van der Waals surface area contributed by atoms with Gasteiger partial charge in [-0.25, -0.2) is 19.1 Å². The quantitative estimate of drug-likeness (QED) is 0.155. The van der Waals surface area contributed by atoms with Crippen LogP contribution in [0.1, 0.15) is 92.7 Å². The molecule has 0 aliphatic heterocycles. The smallest absolute Gasteiger partial charge is 0.402 e. The first-order chi connectivity index (χ1) is 23.4. The van der Waals surface area contributed by atoms with Gasteiger partial charge in [0.15, 0.2) is 5.82 Å². The molecule has 9 nitrogen and oxygen atoms in total. The van der Waals surface area contributed by atoms with E-state index < -0.39 is 11.5 Å². The number of anilines is 1. The Morgan fingerprint density at radius 2 is 1.82 bits per heavy atom. The molecule has 1 aromatic carbocycles. The monoisotopic (exact) mass is 682 g/mol. The number of hydrogen-bond acceptors (Lipinski definition) is 4. The van der Waals surface area contributed by atoms with Gasteiger partial charge in [0.1, 0.15) is 5.65 Å². The molecule has 0 spiro atoms. The minimum absolute atomic E-state index is 0.0632. The number of ether oxygens (including phenoxy) is 1. The van der Waals surface area contributed by atoms with Crippen molar-refractivity contribution in [3.05, 3.63) is 66.1 Å². The Balaban J connectivity index is 1.88. The number of carbonyl (C=O) groups excluding carboxylic acids is 2. The topological polar surface area (TPSA) is 96.1 Å². The molecule has 2 heterocycles. The maximum atomic E-state index is 13.5. The van der Waals surface area contributed by atoms with Crippen LogP contribution in [0.25, 0.3) is 21.9 Å². The fourth-order valence-corrected chi connectivity index (χ4v) is 7.64. The molecule has 1 aliphatic rings. The second-order valence-electron chi connectivity index (χ2n) is 16.9. The van der Waals surface area contributed by atoms with E-state index in [4.69, 9.17) is 16.3 Å². The summed E-state index contributed by atoms with van der Waals surface area (Å²) in [4.78, 5) is 36.8. The summed E-state index contributed by atoms with van der Waals surface area (Å²) in [7, 11) is 0. The normalized spacial score (nSPS) is 19.6. The number of aryl methyl sites for hydroxylation is 1. The molecule has 270 valence electrons. The van der Waals surface area contributed by atoms with Crippen LogP contribution in [0.3, 0.4) is 0 Å². The van der Waals surface area contributed by atoms with Crippen LogP contribution in [0.15, 0.2) is 43.5 Å². The first-order valence-corrected chi connectivity index (χ1v) is 18.0. The fourth-order valence-electron chi connectivity index (χ4n) is 7.64. The van der Waals surface area contributed by atoms with Crippen molar-refractivity contribution in [2.75, 3.05) is 18.4 Å². The third-order valence-electron chi connectivity index (χ3n) is 10.1. The number of aromatic amines is 1. The molecule has 2 aromatic heterocycles. The molecule has 0 bridgehead atoms. The molecular formula is C41H58N6O3. The van der Waals surface area contributed by atoms with Gasteiger partial charge in [-0.1, -0.05) is 74.5 Å². The number of nitrogens with zero attached hydrogens (tertiary/aromatic N) is 4. The number of hydrogen-bond donors (Lipinski definition) is 2. The molecule has 0 radical (unpaired) electrons. The Morgan fingerprint density at radius 1 is 1.16 bits per heavy atom. The summed E-state index contributed by atoms with van der Waals surface area (Å²) < 4.78 is 7.74. The molecule has 2 N–H and O–H groups in total. The van der Waals surface area contributed by atoms with Gasteiger partial charge in [0, 0.05) is 35.3 Å². The maximum Gasteiger partial charge on any atom is 0.416 e. The lowest BCUT2D eigenvalue weighted by atomic mass is 9.57. The second-order valence-corrected chi connectivity index (χ2v) is 16.9. The van der Waals surface area contributed by atoms with E-state index in [-0.39, 0.29) is 30.3 Å². The molecule has 3 aromatic rings. The first-order valence-electron chi connectivity index (χ1n) is 18.0. The number of H-pyrrole nitrogens is 1. The van der Waals surface area contributed by atoms with Gasteiger partial charge >= 0.3 is 6.09 Å².